The molecule has 1 fully saturated rings. The Balaban J connectivity index is 1.96. The summed E-state index contributed by atoms with van der Waals surface area (Å²) >= 11 is 7.52. The third kappa shape index (κ3) is 3.05. The maximum absolute atomic E-state index is 12.7. The molecule has 1 aliphatic heterocycles. The molecular weight excluding hydrogens is 372 g/mol. The van der Waals surface area contributed by atoms with E-state index >= 15 is 0 Å². The van der Waals surface area contributed by atoms with Crippen molar-refractivity contribution in [3.05, 3.63) is 28.3 Å². The van der Waals surface area contributed by atoms with Gasteiger partial charge in [-0.2, -0.15) is 0 Å². The molecule has 0 radical (unpaired) electrons. The maximum Gasteiger partial charge on any atom is 0.182 e. The molecule has 128 valence electrons. The van der Waals surface area contributed by atoms with Gasteiger partial charge < -0.3 is 0 Å². The Morgan fingerprint density at radius 3 is 2.42 bits per heavy atom. The molecule has 0 amide bonds. The monoisotopic (exact) mass is 386 g/mol. The molecule has 0 N–H and O–H groups in total. The number of sulfone groups is 1. The van der Waals surface area contributed by atoms with E-state index in [1.54, 1.807) is 6.07 Å². The summed E-state index contributed by atoms with van der Waals surface area (Å²) in [6.07, 6.45) is 2.29. The number of halogens is 1. The summed E-state index contributed by atoms with van der Waals surface area (Å²) in [4.78, 5) is 37.3. The van der Waals surface area contributed by atoms with Crippen LogP contribution in [-0.4, -0.2) is 36.6 Å². The number of hydrogen-bond acceptors (Lipinski definition) is 6. The minimum atomic E-state index is -3.25. The molecule has 1 heterocycles. The van der Waals surface area contributed by atoms with Crippen LogP contribution >= 0.6 is 23.4 Å². The van der Waals surface area contributed by atoms with E-state index in [9.17, 15) is 22.8 Å². The molecule has 1 aromatic carbocycles. The van der Waals surface area contributed by atoms with Gasteiger partial charge in [-0.05, 0) is 24.1 Å². The molecule has 24 heavy (non-hydrogen) atoms. The van der Waals surface area contributed by atoms with Gasteiger partial charge in [0.2, 0.25) is 0 Å². The van der Waals surface area contributed by atoms with Gasteiger partial charge in [0, 0.05) is 36.0 Å². The lowest BCUT2D eigenvalue weighted by atomic mass is 9.81. The molecule has 1 unspecified atom stereocenters. The Kier molecular flexibility index (Phi) is 4.61. The van der Waals surface area contributed by atoms with E-state index in [4.69, 9.17) is 11.6 Å². The average Bonchev–Trinajstić information content (AvgIpc) is 2.92. The zero-order chi connectivity index (χ0) is 17.6. The van der Waals surface area contributed by atoms with Crippen LogP contribution in [0.3, 0.4) is 0 Å². The first kappa shape index (κ1) is 17.6. The Morgan fingerprint density at radius 2 is 1.83 bits per heavy atom. The SMILES string of the molecule is CS(=O)(=O)C1Cc2c(ccc(C(=O)C3C(=O)CCCC3=O)c2Cl)S1. The van der Waals surface area contributed by atoms with E-state index in [0.29, 0.717) is 16.9 Å². The van der Waals surface area contributed by atoms with Crippen LogP contribution in [0.2, 0.25) is 5.02 Å². The Bertz CT molecular complexity index is 843. The van der Waals surface area contributed by atoms with Crippen LogP contribution in [-0.2, 0) is 25.8 Å². The second-order valence-electron chi connectivity index (χ2n) is 6.07. The van der Waals surface area contributed by atoms with E-state index in [-0.39, 0.29) is 41.4 Å². The standard InChI is InChI=1S/C16H15ClO5S2/c1-24(21,22)13-7-9-12(23-13)6-5-8(15(9)17)16(20)14-10(18)3-2-4-11(14)19/h5-6,13-14H,2-4,7H2,1H3. The third-order valence-corrected chi connectivity index (χ3v) is 8.28. The molecule has 1 aliphatic carbocycles. The van der Waals surface area contributed by atoms with Crippen molar-refractivity contribution in [2.45, 2.75) is 35.2 Å². The highest BCUT2D eigenvalue weighted by molar-refractivity contribution is 8.13. The fraction of sp³-hybridized carbons (Fsp3) is 0.438. The molecule has 0 saturated heterocycles. The molecule has 3 rings (SSSR count). The molecule has 0 spiro atoms. The number of fused-ring (bicyclic) bond motifs is 1. The number of Topliss-reactive ketones (excluding diaryl/α,β-unsaturated/α-hetero) is 3. The molecule has 5 nitrogen and oxygen atoms in total. The zero-order valence-electron chi connectivity index (χ0n) is 12.9. The van der Waals surface area contributed by atoms with Crippen LogP contribution in [0.5, 0.6) is 0 Å². The summed E-state index contributed by atoms with van der Waals surface area (Å²) < 4.78 is 22.9. The van der Waals surface area contributed by atoms with Crippen molar-refractivity contribution in [1.29, 1.82) is 0 Å². The molecule has 0 aromatic heterocycles. The lowest BCUT2D eigenvalue weighted by molar-refractivity contribution is -0.133. The van der Waals surface area contributed by atoms with Gasteiger partial charge in [0.25, 0.3) is 0 Å². The highest BCUT2D eigenvalue weighted by atomic mass is 35.5. The van der Waals surface area contributed by atoms with Crippen LogP contribution in [0.4, 0.5) is 0 Å². The van der Waals surface area contributed by atoms with E-state index < -0.39 is 26.1 Å². The smallest absolute Gasteiger partial charge is 0.182 e. The minimum absolute atomic E-state index is 0.124. The van der Waals surface area contributed by atoms with Crippen molar-refractivity contribution in [3.8, 4) is 0 Å². The molecule has 2 aliphatic rings. The van der Waals surface area contributed by atoms with Gasteiger partial charge in [-0.25, -0.2) is 8.42 Å². The van der Waals surface area contributed by atoms with Crippen molar-refractivity contribution < 1.29 is 22.8 Å². The largest absolute Gasteiger partial charge is 0.298 e. The molecule has 1 atom stereocenters. The van der Waals surface area contributed by atoms with Crippen LogP contribution in [0, 0.1) is 5.92 Å². The van der Waals surface area contributed by atoms with Gasteiger partial charge in [0.15, 0.2) is 27.2 Å². The van der Waals surface area contributed by atoms with Gasteiger partial charge in [0.1, 0.15) is 10.5 Å². The van der Waals surface area contributed by atoms with E-state index in [2.05, 4.69) is 0 Å². The highest BCUT2D eigenvalue weighted by Crippen LogP contribution is 2.44. The maximum atomic E-state index is 12.7. The van der Waals surface area contributed by atoms with Gasteiger partial charge in [0.05, 0.1) is 5.02 Å². The fourth-order valence-electron chi connectivity index (χ4n) is 3.04. The van der Waals surface area contributed by atoms with Gasteiger partial charge >= 0.3 is 0 Å². The molecule has 1 saturated carbocycles. The number of thioether (sulfide) groups is 1. The predicted molar refractivity (Wildman–Crippen MR) is 91.3 cm³/mol. The molecular formula is C16H15ClO5S2. The van der Waals surface area contributed by atoms with Crippen LogP contribution in [0.15, 0.2) is 17.0 Å². The number of ketones is 3. The second-order valence-corrected chi connectivity index (χ2v) is 10.2. The number of carbonyl (C=O) groups is 3. The van der Waals surface area contributed by atoms with Gasteiger partial charge in [-0.3, -0.25) is 14.4 Å². The average molecular weight is 387 g/mol. The summed E-state index contributed by atoms with van der Waals surface area (Å²) in [5.41, 5.74) is 0.720. The first-order valence-electron chi connectivity index (χ1n) is 7.46. The Morgan fingerprint density at radius 1 is 1.21 bits per heavy atom. The summed E-state index contributed by atoms with van der Waals surface area (Å²) in [6.45, 7) is 0. The van der Waals surface area contributed by atoms with Crippen LogP contribution < -0.4 is 0 Å². The van der Waals surface area contributed by atoms with E-state index in [1.807, 2.05) is 0 Å². The second kappa shape index (κ2) is 6.28. The summed E-state index contributed by atoms with van der Waals surface area (Å²) in [7, 11) is -3.25. The van der Waals surface area contributed by atoms with Crippen molar-refractivity contribution >= 4 is 50.5 Å². The first-order chi connectivity index (χ1) is 11.2. The van der Waals surface area contributed by atoms with Crippen molar-refractivity contribution in [2.75, 3.05) is 6.26 Å². The van der Waals surface area contributed by atoms with E-state index in [0.717, 1.165) is 6.26 Å². The Labute approximate surface area is 149 Å². The summed E-state index contributed by atoms with van der Waals surface area (Å²) in [5.74, 6) is -2.58. The first-order valence-corrected chi connectivity index (χ1v) is 10.7. The zero-order valence-corrected chi connectivity index (χ0v) is 15.3. The lowest BCUT2D eigenvalue weighted by Gasteiger charge is -2.19. The van der Waals surface area contributed by atoms with Crippen molar-refractivity contribution in [2.24, 2.45) is 5.92 Å². The lowest BCUT2D eigenvalue weighted by Crippen LogP contribution is -2.35. The normalized spacial score (nSPS) is 21.8. The van der Waals surface area contributed by atoms with Crippen molar-refractivity contribution in [1.82, 2.24) is 0 Å². The summed E-state index contributed by atoms with van der Waals surface area (Å²) in [6, 6.07) is 3.12. The number of carbonyl (C=O) groups excluding carboxylic acids is 3. The third-order valence-electron chi connectivity index (χ3n) is 4.32. The summed E-state index contributed by atoms with van der Waals surface area (Å²) in [5, 5.41) is 0.155. The quantitative estimate of drug-likeness (QED) is 0.586. The topological polar surface area (TPSA) is 85.3 Å². The minimum Gasteiger partial charge on any atom is -0.298 e. The van der Waals surface area contributed by atoms with Crippen LogP contribution in [0.25, 0.3) is 0 Å². The number of hydrogen-bond donors (Lipinski definition) is 0. The highest BCUT2D eigenvalue weighted by Gasteiger charge is 2.39. The molecule has 8 heteroatoms. The van der Waals surface area contributed by atoms with E-state index in [1.165, 1.54) is 17.8 Å². The van der Waals surface area contributed by atoms with Crippen molar-refractivity contribution in [3.63, 3.8) is 0 Å². The van der Waals surface area contributed by atoms with Gasteiger partial charge in [-0.15, -0.1) is 11.8 Å². The van der Waals surface area contributed by atoms with Gasteiger partial charge in [-0.1, -0.05) is 11.6 Å². The van der Waals surface area contributed by atoms with Crippen LogP contribution in [0.1, 0.15) is 35.2 Å². The Hall–Kier alpha value is -1.18. The predicted octanol–water partition coefficient (Wildman–Crippen LogP) is 2.48. The fourth-order valence-corrected chi connectivity index (χ4v) is 5.91. The number of benzene rings is 1. The molecule has 1 aromatic rings. The number of rotatable bonds is 3. The molecule has 0 bridgehead atoms.